The Labute approximate surface area is 159 Å². The van der Waals surface area contributed by atoms with Gasteiger partial charge in [0.2, 0.25) is 0 Å². The van der Waals surface area contributed by atoms with Crippen molar-refractivity contribution in [2.75, 3.05) is 11.9 Å². The number of ether oxygens (including phenoxy) is 1. The van der Waals surface area contributed by atoms with Gasteiger partial charge in [-0.1, -0.05) is 12.1 Å². The van der Waals surface area contributed by atoms with Crippen LogP contribution in [0, 0.1) is 13.8 Å². The molecule has 0 spiro atoms. The van der Waals surface area contributed by atoms with Crippen LogP contribution in [0.3, 0.4) is 0 Å². The maximum absolute atomic E-state index is 12.9. The van der Waals surface area contributed by atoms with Gasteiger partial charge in [-0.05, 0) is 57.7 Å². The van der Waals surface area contributed by atoms with Gasteiger partial charge in [0.25, 0.3) is 0 Å². The van der Waals surface area contributed by atoms with Gasteiger partial charge in [-0.25, -0.2) is 9.78 Å². The summed E-state index contributed by atoms with van der Waals surface area (Å²) in [6, 6.07) is 5.98. The number of thiazole rings is 1. The molecule has 2 aromatic rings. The first-order chi connectivity index (χ1) is 12.5. The number of rotatable bonds is 5. The molecule has 1 saturated heterocycles. The average Bonchev–Trinajstić information content (AvgIpc) is 3.24. The number of urea groups is 1. The van der Waals surface area contributed by atoms with E-state index in [-0.39, 0.29) is 18.2 Å². The Morgan fingerprint density at radius 2 is 2.23 bits per heavy atom. The Morgan fingerprint density at radius 3 is 2.92 bits per heavy atom. The average molecular weight is 374 g/mol. The molecule has 2 amide bonds. The van der Waals surface area contributed by atoms with Crippen LogP contribution in [-0.2, 0) is 11.3 Å². The maximum Gasteiger partial charge on any atom is 0.322 e. The standard InChI is InChI=1S/C20H27N3O2S/c1-13(2)25-11-16-7-5-8-17(14(16)3)22-20(24)23-10-6-9-19(23)18-12-26-15(4)21-18/h5,7-8,12-13,19H,6,9-11H2,1-4H3,(H,22,24)/t19-/m1/s1. The molecule has 0 aliphatic carbocycles. The molecule has 6 heteroatoms. The molecule has 1 N–H and O–H groups in total. The first-order valence-corrected chi connectivity index (χ1v) is 10.0. The zero-order valence-corrected chi connectivity index (χ0v) is 16.7. The zero-order valence-electron chi connectivity index (χ0n) is 15.9. The summed E-state index contributed by atoms with van der Waals surface area (Å²) in [7, 11) is 0. The highest BCUT2D eigenvalue weighted by Gasteiger charge is 2.31. The Morgan fingerprint density at radius 1 is 1.42 bits per heavy atom. The van der Waals surface area contributed by atoms with E-state index in [1.807, 2.05) is 50.8 Å². The molecule has 0 bridgehead atoms. The topological polar surface area (TPSA) is 54.5 Å². The second-order valence-corrected chi connectivity index (χ2v) is 8.08. The van der Waals surface area contributed by atoms with Crippen molar-refractivity contribution < 1.29 is 9.53 Å². The summed E-state index contributed by atoms with van der Waals surface area (Å²) in [4.78, 5) is 19.4. The van der Waals surface area contributed by atoms with Gasteiger partial charge < -0.3 is 15.0 Å². The molecule has 1 aromatic carbocycles. The molecule has 26 heavy (non-hydrogen) atoms. The Kier molecular flexibility index (Phi) is 5.94. The van der Waals surface area contributed by atoms with Crippen molar-refractivity contribution in [1.82, 2.24) is 9.88 Å². The molecular weight excluding hydrogens is 346 g/mol. The molecule has 1 aliphatic rings. The number of likely N-dealkylation sites (tertiary alicyclic amines) is 1. The number of hydrogen-bond donors (Lipinski definition) is 1. The minimum atomic E-state index is -0.0526. The van der Waals surface area contributed by atoms with Crippen molar-refractivity contribution in [3.05, 3.63) is 45.4 Å². The third-order valence-electron chi connectivity index (χ3n) is 4.75. The third kappa shape index (κ3) is 4.24. The van der Waals surface area contributed by atoms with E-state index in [2.05, 4.69) is 15.7 Å². The first-order valence-electron chi connectivity index (χ1n) is 9.15. The Hall–Kier alpha value is -1.92. The predicted molar refractivity (Wildman–Crippen MR) is 106 cm³/mol. The lowest BCUT2D eigenvalue weighted by molar-refractivity contribution is 0.0654. The summed E-state index contributed by atoms with van der Waals surface area (Å²) in [6.07, 6.45) is 2.16. The fourth-order valence-corrected chi connectivity index (χ4v) is 3.93. The number of hydrogen-bond acceptors (Lipinski definition) is 4. The third-order valence-corrected chi connectivity index (χ3v) is 5.54. The number of aryl methyl sites for hydroxylation is 1. The number of carbonyl (C=O) groups excluding carboxylic acids is 1. The number of amides is 2. The van der Waals surface area contributed by atoms with Gasteiger partial charge in [-0.3, -0.25) is 0 Å². The van der Waals surface area contributed by atoms with E-state index in [1.165, 1.54) is 0 Å². The van der Waals surface area contributed by atoms with Crippen LogP contribution < -0.4 is 5.32 Å². The summed E-state index contributed by atoms with van der Waals surface area (Å²) >= 11 is 1.64. The number of anilines is 1. The van der Waals surface area contributed by atoms with Crippen LogP contribution in [0.1, 0.15) is 54.6 Å². The molecule has 1 atom stereocenters. The monoisotopic (exact) mass is 373 g/mol. The second kappa shape index (κ2) is 8.18. The van der Waals surface area contributed by atoms with Crippen molar-refractivity contribution >= 4 is 23.1 Å². The lowest BCUT2D eigenvalue weighted by Crippen LogP contribution is -2.34. The van der Waals surface area contributed by atoms with Crippen LogP contribution in [-0.4, -0.2) is 28.6 Å². The van der Waals surface area contributed by atoms with Gasteiger partial charge in [0.15, 0.2) is 0 Å². The number of nitrogens with zero attached hydrogens (tertiary/aromatic N) is 2. The molecule has 1 fully saturated rings. The van der Waals surface area contributed by atoms with Crippen molar-refractivity contribution in [2.45, 2.75) is 59.3 Å². The molecule has 0 saturated carbocycles. The molecule has 3 rings (SSSR count). The fourth-order valence-electron chi connectivity index (χ4n) is 3.27. The van der Waals surface area contributed by atoms with E-state index in [4.69, 9.17) is 4.74 Å². The predicted octanol–water partition coefficient (Wildman–Crippen LogP) is 5.05. The molecule has 0 unspecified atom stereocenters. The van der Waals surface area contributed by atoms with E-state index < -0.39 is 0 Å². The van der Waals surface area contributed by atoms with E-state index in [0.717, 1.165) is 46.9 Å². The summed E-state index contributed by atoms with van der Waals surface area (Å²) in [5.41, 5.74) is 4.02. The lowest BCUT2D eigenvalue weighted by Gasteiger charge is -2.24. The summed E-state index contributed by atoms with van der Waals surface area (Å²) in [5.74, 6) is 0. The van der Waals surface area contributed by atoms with Crippen LogP contribution in [0.2, 0.25) is 0 Å². The molecule has 2 heterocycles. The Bertz CT molecular complexity index is 772. The van der Waals surface area contributed by atoms with E-state index >= 15 is 0 Å². The second-order valence-electron chi connectivity index (χ2n) is 7.02. The van der Waals surface area contributed by atoms with Crippen molar-refractivity contribution in [3.8, 4) is 0 Å². The van der Waals surface area contributed by atoms with Gasteiger partial charge >= 0.3 is 6.03 Å². The maximum atomic E-state index is 12.9. The molecule has 5 nitrogen and oxygen atoms in total. The largest absolute Gasteiger partial charge is 0.374 e. The summed E-state index contributed by atoms with van der Waals surface area (Å²) < 4.78 is 5.72. The SMILES string of the molecule is Cc1nc([C@H]2CCCN2C(=O)Nc2cccc(COC(C)C)c2C)cs1. The molecule has 0 radical (unpaired) electrons. The highest BCUT2D eigenvalue weighted by atomic mass is 32.1. The number of benzene rings is 1. The molecule has 140 valence electrons. The van der Waals surface area contributed by atoms with Crippen LogP contribution >= 0.6 is 11.3 Å². The number of carbonyl (C=O) groups is 1. The lowest BCUT2D eigenvalue weighted by atomic mass is 10.1. The van der Waals surface area contributed by atoms with Gasteiger partial charge in [0, 0.05) is 17.6 Å². The Balaban J connectivity index is 1.72. The smallest absolute Gasteiger partial charge is 0.322 e. The minimum absolute atomic E-state index is 0.0526. The van der Waals surface area contributed by atoms with Crippen LogP contribution in [0.25, 0.3) is 0 Å². The summed E-state index contributed by atoms with van der Waals surface area (Å²) in [5, 5.41) is 6.21. The molecular formula is C20H27N3O2S. The highest BCUT2D eigenvalue weighted by molar-refractivity contribution is 7.09. The van der Waals surface area contributed by atoms with E-state index in [1.54, 1.807) is 11.3 Å². The number of nitrogens with one attached hydrogen (secondary N) is 1. The van der Waals surface area contributed by atoms with Crippen molar-refractivity contribution in [1.29, 1.82) is 0 Å². The number of aromatic nitrogens is 1. The normalized spacial score (nSPS) is 17.1. The first kappa shape index (κ1) is 18.9. The van der Waals surface area contributed by atoms with E-state index in [0.29, 0.717) is 6.61 Å². The van der Waals surface area contributed by atoms with Crippen LogP contribution in [0.15, 0.2) is 23.6 Å². The molecule has 1 aliphatic heterocycles. The van der Waals surface area contributed by atoms with Gasteiger partial charge in [0.1, 0.15) is 0 Å². The van der Waals surface area contributed by atoms with Gasteiger partial charge in [-0.2, -0.15) is 0 Å². The van der Waals surface area contributed by atoms with Gasteiger partial charge in [0.05, 0.1) is 29.5 Å². The van der Waals surface area contributed by atoms with Gasteiger partial charge in [-0.15, -0.1) is 11.3 Å². The minimum Gasteiger partial charge on any atom is -0.374 e. The van der Waals surface area contributed by atoms with Crippen LogP contribution in [0.4, 0.5) is 10.5 Å². The summed E-state index contributed by atoms with van der Waals surface area (Å²) in [6.45, 7) is 9.39. The highest BCUT2D eigenvalue weighted by Crippen LogP contribution is 2.33. The van der Waals surface area contributed by atoms with Crippen molar-refractivity contribution in [3.63, 3.8) is 0 Å². The van der Waals surface area contributed by atoms with E-state index in [9.17, 15) is 4.79 Å². The molecule has 1 aromatic heterocycles. The fraction of sp³-hybridized carbons (Fsp3) is 0.500. The quantitative estimate of drug-likeness (QED) is 0.797. The van der Waals surface area contributed by atoms with Crippen LogP contribution in [0.5, 0.6) is 0 Å². The van der Waals surface area contributed by atoms with Crippen molar-refractivity contribution in [2.24, 2.45) is 0 Å². The zero-order chi connectivity index (χ0) is 18.7.